The van der Waals surface area contributed by atoms with Gasteiger partial charge in [0.2, 0.25) is 5.88 Å². The first-order valence-electron chi connectivity index (χ1n) is 3.86. The zero-order chi connectivity index (χ0) is 11.4. The lowest BCUT2D eigenvalue weighted by molar-refractivity contribution is -0.0572. The Morgan fingerprint density at radius 3 is 2.27 bits per heavy atom. The van der Waals surface area contributed by atoms with Gasteiger partial charge in [-0.15, -0.1) is 0 Å². The van der Waals surface area contributed by atoms with Gasteiger partial charge in [0.25, 0.3) is 0 Å². The molecule has 1 aromatic heterocycles. The minimum atomic E-state index is -3.06. The van der Waals surface area contributed by atoms with Gasteiger partial charge in [-0.1, -0.05) is 0 Å². The predicted octanol–water partition coefficient (Wildman–Crippen LogP) is 2.59. The second kappa shape index (κ2) is 4.81. The molecule has 0 saturated heterocycles. The number of rotatable bonds is 4. The van der Waals surface area contributed by atoms with E-state index in [1.807, 2.05) is 0 Å². The number of nitrogens with zero attached hydrogens (tertiary/aromatic N) is 1. The molecule has 0 radical (unpaired) electrons. The molecule has 15 heavy (non-hydrogen) atoms. The van der Waals surface area contributed by atoms with Crippen LogP contribution in [0.4, 0.5) is 17.6 Å². The molecule has 7 heteroatoms. The summed E-state index contributed by atoms with van der Waals surface area (Å²) in [6.07, 6.45) is 1.04. The Morgan fingerprint density at radius 2 is 1.73 bits per heavy atom. The first-order valence-corrected chi connectivity index (χ1v) is 3.86. The molecule has 0 aliphatic heterocycles. The molecule has 0 atom stereocenters. The van der Waals surface area contributed by atoms with Gasteiger partial charge >= 0.3 is 13.2 Å². The van der Waals surface area contributed by atoms with Crippen molar-refractivity contribution < 1.29 is 27.0 Å². The Morgan fingerprint density at radius 1 is 1.13 bits per heavy atom. The van der Waals surface area contributed by atoms with E-state index in [4.69, 9.17) is 0 Å². The second-order valence-electron chi connectivity index (χ2n) is 2.50. The Kier molecular flexibility index (Phi) is 3.70. The third-order valence-corrected chi connectivity index (χ3v) is 1.52. The fourth-order valence-corrected chi connectivity index (χ4v) is 0.927. The fraction of sp³-hybridized carbons (Fsp3) is 0.375. The highest BCUT2D eigenvalue weighted by molar-refractivity contribution is 5.38. The minimum Gasteiger partial charge on any atom is -0.434 e. The van der Waals surface area contributed by atoms with Crippen LogP contribution in [-0.2, 0) is 0 Å². The molecule has 0 saturated carbocycles. The predicted molar refractivity (Wildman–Crippen MR) is 42.2 cm³/mol. The molecule has 0 bridgehead atoms. The van der Waals surface area contributed by atoms with E-state index >= 15 is 0 Å². The van der Waals surface area contributed by atoms with Crippen molar-refractivity contribution in [2.24, 2.45) is 0 Å². The largest absolute Gasteiger partial charge is 0.434 e. The van der Waals surface area contributed by atoms with Gasteiger partial charge in [0.15, 0.2) is 0 Å². The van der Waals surface area contributed by atoms with Crippen molar-refractivity contribution in [1.29, 1.82) is 0 Å². The van der Waals surface area contributed by atoms with Crippen molar-refractivity contribution >= 4 is 0 Å². The van der Waals surface area contributed by atoms with Gasteiger partial charge in [0.1, 0.15) is 5.75 Å². The Hall–Kier alpha value is -1.53. The molecule has 1 aromatic rings. The van der Waals surface area contributed by atoms with E-state index in [0.717, 1.165) is 12.3 Å². The van der Waals surface area contributed by atoms with Crippen LogP contribution in [0.1, 0.15) is 5.56 Å². The monoisotopic (exact) mass is 225 g/mol. The van der Waals surface area contributed by atoms with E-state index in [1.165, 1.54) is 6.92 Å². The molecule has 1 rings (SSSR count). The molecular weight excluding hydrogens is 218 g/mol. The highest BCUT2D eigenvalue weighted by Gasteiger charge is 2.14. The van der Waals surface area contributed by atoms with Gasteiger partial charge in [-0.25, -0.2) is 4.98 Å². The summed E-state index contributed by atoms with van der Waals surface area (Å²) in [5.41, 5.74) is -0.00176. The van der Waals surface area contributed by atoms with Crippen LogP contribution in [0.25, 0.3) is 0 Å². The summed E-state index contributed by atoms with van der Waals surface area (Å²) in [5.74, 6) is -0.668. The zero-order valence-corrected chi connectivity index (χ0v) is 7.58. The van der Waals surface area contributed by atoms with E-state index in [2.05, 4.69) is 14.5 Å². The van der Waals surface area contributed by atoms with Gasteiger partial charge in [0, 0.05) is 6.20 Å². The van der Waals surface area contributed by atoms with Crippen molar-refractivity contribution in [3.05, 3.63) is 17.8 Å². The summed E-state index contributed by atoms with van der Waals surface area (Å²) in [6.45, 7) is -4.79. The normalized spacial score (nSPS) is 10.9. The van der Waals surface area contributed by atoms with Crippen LogP contribution in [-0.4, -0.2) is 18.2 Å². The molecule has 3 nitrogen and oxygen atoms in total. The number of ether oxygens (including phenoxy) is 2. The molecule has 0 fully saturated rings. The fourth-order valence-electron chi connectivity index (χ4n) is 0.927. The average Bonchev–Trinajstić information content (AvgIpc) is 2.10. The summed E-state index contributed by atoms with van der Waals surface area (Å²) >= 11 is 0. The summed E-state index contributed by atoms with van der Waals surface area (Å²) < 4.78 is 55.5. The first kappa shape index (κ1) is 11.5. The van der Waals surface area contributed by atoms with Crippen LogP contribution < -0.4 is 9.47 Å². The number of halogens is 4. The van der Waals surface area contributed by atoms with Gasteiger partial charge < -0.3 is 9.47 Å². The van der Waals surface area contributed by atoms with Crippen LogP contribution in [0.2, 0.25) is 0 Å². The number of pyridine rings is 1. The Balaban J connectivity index is 2.90. The SMILES string of the molecule is Cc1c(OC(F)F)ccnc1OC(F)F. The maximum Gasteiger partial charge on any atom is 0.388 e. The molecule has 0 aromatic carbocycles. The van der Waals surface area contributed by atoms with Crippen LogP contribution in [0.3, 0.4) is 0 Å². The van der Waals surface area contributed by atoms with Crippen LogP contribution >= 0.6 is 0 Å². The minimum absolute atomic E-state index is 0.00176. The van der Waals surface area contributed by atoms with E-state index in [9.17, 15) is 17.6 Å². The van der Waals surface area contributed by atoms with E-state index in [0.29, 0.717) is 0 Å². The van der Waals surface area contributed by atoms with Crippen LogP contribution in [0, 0.1) is 6.92 Å². The molecule has 0 unspecified atom stereocenters. The van der Waals surface area contributed by atoms with Crippen LogP contribution in [0.15, 0.2) is 12.3 Å². The van der Waals surface area contributed by atoms with Gasteiger partial charge in [0.05, 0.1) is 5.56 Å². The lowest BCUT2D eigenvalue weighted by atomic mass is 10.3. The number of hydrogen-bond donors (Lipinski definition) is 0. The van der Waals surface area contributed by atoms with Gasteiger partial charge in [-0.05, 0) is 13.0 Å². The third kappa shape index (κ3) is 3.26. The highest BCUT2D eigenvalue weighted by Crippen LogP contribution is 2.27. The van der Waals surface area contributed by atoms with E-state index in [-0.39, 0.29) is 11.3 Å². The third-order valence-electron chi connectivity index (χ3n) is 1.52. The van der Waals surface area contributed by atoms with Crippen LogP contribution in [0.5, 0.6) is 11.6 Å². The summed E-state index contributed by atoms with van der Waals surface area (Å²) in [5, 5.41) is 0. The summed E-state index contributed by atoms with van der Waals surface area (Å²) in [6, 6.07) is 1.14. The van der Waals surface area contributed by atoms with E-state index < -0.39 is 19.1 Å². The van der Waals surface area contributed by atoms with Gasteiger partial charge in [-0.3, -0.25) is 0 Å². The number of hydrogen-bond acceptors (Lipinski definition) is 3. The molecule has 84 valence electrons. The summed E-state index contributed by atoms with van der Waals surface area (Å²) in [4.78, 5) is 3.46. The molecule has 0 amide bonds. The zero-order valence-electron chi connectivity index (χ0n) is 7.58. The molecule has 1 heterocycles. The molecule has 0 N–H and O–H groups in total. The van der Waals surface area contributed by atoms with Crippen molar-refractivity contribution in [3.63, 3.8) is 0 Å². The molecular formula is C8H7F4NO2. The number of aromatic nitrogens is 1. The highest BCUT2D eigenvalue weighted by atomic mass is 19.3. The van der Waals surface area contributed by atoms with Gasteiger partial charge in [-0.2, -0.15) is 17.6 Å². The molecule has 0 aliphatic carbocycles. The first-order chi connectivity index (χ1) is 7.00. The Bertz CT molecular complexity index is 304. The Labute approximate surface area is 82.6 Å². The van der Waals surface area contributed by atoms with Crippen molar-refractivity contribution in [3.8, 4) is 11.6 Å². The maximum absolute atomic E-state index is 11.9. The smallest absolute Gasteiger partial charge is 0.388 e. The lowest BCUT2D eigenvalue weighted by Crippen LogP contribution is -2.08. The maximum atomic E-state index is 11.9. The van der Waals surface area contributed by atoms with Crippen molar-refractivity contribution in [2.45, 2.75) is 20.1 Å². The lowest BCUT2D eigenvalue weighted by Gasteiger charge is -2.10. The van der Waals surface area contributed by atoms with Crippen molar-refractivity contribution in [1.82, 2.24) is 4.98 Å². The van der Waals surface area contributed by atoms with E-state index in [1.54, 1.807) is 0 Å². The average molecular weight is 225 g/mol. The molecule has 0 spiro atoms. The standard InChI is InChI=1S/C8H7F4NO2/c1-4-5(14-7(9)10)2-3-13-6(4)15-8(11)12/h2-3,7-8H,1H3. The second-order valence-corrected chi connectivity index (χ2v) is 2.50. The number of alkyl halides is 4. The topological polar surface area (TPSA) is 31.4 Å². The summed E-state index contributed by atoms with van der Waals surface area (Å²) in [7, 11) is 0. The quantitative estimate of drug-likeness (QED) is 0.738. The van der Waals surface area contributed by atoms with Crippen molar-refractivity contribution in [2.75, 3.05) is 0 Å². The molecule has 0 aliphatic rings.